The number of ketones is 1. The number of benzene rings is 2. The Labute approximate surface area is 125 Å². The molecule has 0 atom stereocenters. The van der Waals surface area contributed by atoms with Crippen LogP contribution in [0.25, 0.3) is 0 Å². The van der Waals surface area contributed by atoms with Gasteiger partial charge in [-0.2, -0.15) is 0 Å². The molecular formula is C18H21NO2. The number of carbonyl (C=O) groups excluding carboxylic acids is 1. The number of nitrogens with zero attached hydrogens (tertiary/aromatic N) is 1. The largest absolute Gasteiger partial charge is 0.395 e. The number of aliphatic hydroxyl groups is 1. The van der Waals surface area contributed by atoms with Crippen molar-refractivity contribution in [1.82, 2.24) is 4.90 Å². The summed E-state index contributed by atoms with van der Waals surface area (Å²) in [6.07, 6.45) is 0. The van der Waals surface area contributed by atoms with Crippen LogP contribution in [-0.2, 0) is 6.54 Å². The molecule has 0 spiro atoms. The van der Waals surface area contributed by atoms with Gasteiger partial charge in [-0.15, -0.1) is 0 Å². The molecule has 3 nitrogen and oxygen atoms in total. The van der Waals surface area contributed by atoms with E-state index in [2.05, 4.69) is 0 Å². The van der Waals surface area contributed by atoms with E-state index in [1.807, 2.05) is 66.4 Å². The number of aliphatic hydroxyl groups excluding tert-OH is 1. The van der Waals surface area contributed by atoms with Gasteiger partial charge in [-0.25, -0.2) is 0 Å². The SMILES string of the molecule is Cc1cccc(C(=O)CN(CCO)Cc2ccccc2)c1. The molecule has 0 saturated carbocycles. The summed E-state index contributed by atoms with van der Waals surface area (Å²) >= 11 is 0. The summed E-state index contributed by atoms with van der Waals surface area (Å²) in [4.78, 5) is 14.3. The van der Waals surface area contributed by atoms with Crippen LogP contribution in [0, 0.1) is 6.92 Å². The van der Waals surface area contributed by atoms with Crippen molar-refractivity contribution in [2.24, 2.45) is 0 Å². The van der Waals surface area contributed by atoms with Gasteiger partial charge < -0.3 is 5.11 Å². The lowest BCUT2D eigenvalue weighted by atomic mass is 10.1. The van der Waals surface area contributed by atoms with E-state index in [-0.39, 0.29) is 12.4 Å². The predicted octanol–water partition coefficient (Wildman–Crippen LogP) is 2.67. The van der Waals surface area contributed by atoms with Crippen LogP contribution in [0.1, 0.15) is 21.5 Å². The Morgan fingerprint density at radius 3 is 2.52 bits per heavy atom. The summed E-state index contributed by atoms with van der Waals surface area (Å²) < 4.78 is 0. The zero-order valence-corrected chi connectivity index (χ0v) is 12.3. The first-order valence-electron chi connectivity index (χ1n) is 7.16. The number of rotatable bonds is 7. The molecule has 0 aromatic heterocycles. The van der Waals surface area contributed by atoms with Crippen molar-refractivity contribution >= 4 is 5.78 Å². The van der Waals surface area contributed by atoms with Crippen LogP contribution in [0.15, 0.2) is 54.6 Å². The third-order valence-corrected chi connectivity index (χ3v) is 3.37. The fraction of sp³-hybridized carbons (Fsp3) is 0.278. The zero-order chi connectivity index (χ0) is 15.1. The van der Waals surface area contributed by atoms with Gasteiger partial charge in [-0.1, -0.05) is 54.1 Å². The second-order valence-electron chi connectivity index (χ2n) is 5.21. The van der Waals surface area contributed by atoms with Crippen LogP contribution in [0.3, 0.4) is 0 Å². The minimum Gasteiger partial charge on any atom is -0.395 e. The van der Waals surface area contributed by atoms with Crippen LogP contribution in [0.4, 0.5) is 0 Å². The Bertz CT molecular complexity index is 581. The molecule has 2 rings (SSSR count). The van der Waals surface area contributed by atoms with Crippen LogP contribution in [-0.4, -0.2) is 35.5 Å². The van der Waals surface area contributed by atoms with E-state index in [9.17, 15) is 9.90 Å². The zero-order valence-electron chi connectivity index (χ0n) is 12.3. The molecule has 0 heterocycles. The Kier molecular flexibility index (Phi) is 5.67. The molecule has 0 aliphatic carbocycles. The normalized spacial score (nSPS) is 10.8. The third kappa shape index (κ3) is 4.81. The molecule has 2 aromatic carbocycles. The maximum Gasteiger partial charge on any atom is 0.176 e. The molecule has 0 aliphatic heterocycles. The monoisotopic (exact) mass is 283 g/mol. The second kappa shape index (κ2) is 7.72. The van der Waals surface area contributed by atoms with Gasteiger partial charge in [0.1, 0.15) is 0 Å². The van der Waals surface area contributed by atoms with Crippen molar-refractivity contribution in [3.8, 4) is 0 Å². The van der Waals surface area contributed by atoms with E-state index in [1.54, 1.807) is 0 Å². The van der Waals surface area contributed by atoms with Crippen molar-refractivity contribution in [3.05, 3.63) is 71.3 Å². The molecule has 3 heteroatoms. The molecule has 0 bridgehead atoms. The van der Waals surface area contributed by atoms with Gasteiger partial charge in [0.05, 0.1) is 13.2 Å². The number of hydrogen-bond donors (Lipinski definition) is 1. The van der Waals surface area contributed by atoms with Gasteiger partial charge in [0, 0.05) is 18.7 Å². The Hall–Kier alpha value is -1.97. The maximum absolute atomic E-state index is 12.3. The third-order valence-electron chi connectivity index (χ3n) is 3.37. The van der Waals surface area contributed by atoms with E-state index in [1.165, 1.54) is 0 Å². The molecular weight excluding hydrogens is 262 g/mol. The lowest BCUT2D eigenvalue weighted by Crippen LogP contribution is -2.32. The summed E-state index contributed by atoms with van der Waals surface area (Å²) in [6, 6.07) is 17.6. The van der Waals surface area contributed by atoms with Crippen LogP contribution in [0.5, 0.6) is 0 Å². The molecule has 0 saturated heterocycles. The van der Waals surface area contributed by atoms with Crippen molar-refractivity contribution in [2.75, 3.05) is 19.7 Å². The van der Waals surface area contributed by atoms with Crippen LogP contribution < -0.4 is 0 Å². The summed E-state index contributed by atoms with van der Waals surface area (Å²) in [6.45, 7) is 3.50. The van der Waals surface area contributed by atoms with Gasteiger partial charge in [0.2, 0.25) is 0 Å². The van der Waals surface area contributed by atoms with Gasteiger partial charge in [-0.05, 0) is 18.6 Å². The predicted molar refractivity (Wildman–Crippen MR) is 84.3 cm³/mol. The van der Waals surface area contributed by atoms with Gasteiger partial charge in [0.15, 0.2) is 5.78 Å². The molecule has 0 amide bonds. The van der Waals surface area contributed by atoms with Crippen molar-refractivity contribution in [2.45, 2.75) is 13.5 Å². The molecule has 21 heavy (non-hydrogen) atoms. The van der Waals surface area contributed by atoms with Crippen molar-refractivity contribution in [3.63, 3.8) is 0 Å². The highest BCUT2D eigenvalue weighted by atomic mass is 16.3. The maximum atomic E-state index is 12.3. The molecule has 0 unspecified atom stereocenters. The Morgan fingerprint density at radius 2 is 1.86 bits per heavy atom. The fourth-order valence-electron chi connectivity index (χ4n) is 2.31. The molecule has 0 radical (unpaired) electrons. The van der Waals surface area contributed by atoms with E-state index in [0.717, 1.165) is 16.7 Å². The average molecular weight is 283 g/mol. The molecule has 2 aromatic rings. The quantitative estimate of drug-likeness (QED) is 0.794. The summed E-state index contributed by atoms with van der Waals surface area (Å²) in [5, 5.41) is 9.19. The fourth-order valence-corrected chi connectivity index (χ4v) is 2.31. The number of aryl methyl sites for hydroxylation is 1. The molecule has 0 aliphatic rings. The lowest BCUT2D eigenvalue weighted by Gasteiger charge is -2.20. The molecule has 0 fully saturated rings. The Balaban J connectivity index is 2.04. The highest BCUT2D eigenvalue weighted by molar-refractivity contribution is 5.97. The topological polar surface area (TPSA) is 40.5 Å². The summed E-state index contributed by atoms with van der Waals surface area (Å²) in [5.74, 6) is 0.0862. The van der Waals surface area contributed by atoms with E-state index in [4.69, 9.17) is 0 Å². The number of Topliss-reactive ketones (excluding diaryl/α,β-unsaturated/α-hetero) is 1. The lowest BCUT2D eigenvalue weighted by molar-refractivity contribution is 0.0908. The average Bonchev–Trinajstić information content (AvgIpc) is 2.48. The summed E-state index contributed by atoms with van der Waals surface area (Å²) in [7, 11) is 0. The first-order chi connectivity index (χ1) is 10.2. The van der Waals surface area contributed by atoms with E-state index >= 15 is 0 Å². The van der Waals surface area contributed by atoms with Crippen molar-refractivity contribution < 1.29 is 9.90 Å². The van der Waals surface area contributed by atoms with Crippen LogP contribution >= 0.6 is 0 Å². The highest BCUT2D eigenvalue weighted by Gasteiger charge is 2.12. The van der Waals surface area contributed by atoms with Gasteiger partial charge >= 0.3 is 0 Å². The smallest absolute Gasteiger partial charge is 0.176 e. The Morgan fingerprint density at radius 1 is 1.10 bits per heavy atom. The first kappa shape index (κ1) is 15.4. The van der Waals surface area contributed by atoms with Gasteiger partial charge in [0.25, 0.3) is 0 Å². The van der Waals surface area contributed by atoms with E-state index < -0.39 is 0 Å². The van der Waals surface area contributed by atoms with Gasteiger partial charge in [-0.3, -0.25) is 9.69 Å². The second-order valence-corrected chi connectivity index (χ2v) is 5.21. The standard InChI is InChI=1S/C18H21NO2/c1-15-6-5-9-17(12-15)18(21)14-19(10-11-20)13-16-7-3-2-4-8-16/h2-9,12,20H,10-11,13-14H2,1H3. The number of carbonyl (C=O) groups is 1. The minimum absolute atomic E-state index is 0.0495. The molecule has 1 N–H and O–H groups in total. The molecule has 110 valence electrons. The summed E-state index contributed by atoms with van der Waals surface area (Å²) in [5.41, 5.74) is 2.95. The minimum atomic E-state index is 0.0495. The first-order valence-corrected chi connectivity index (χ1v) is 7.16. The van der Waals surface area contributed by atoms with Crippen molar-refractivity contribution in [1.29, 1.82) is 0 Å². The van der Waals surface area contributed by atoms with E-state index in [0.29, 0.717) is 19.6 Å². The number of hydrogen-bond acceptors (Lipinski definition) is 3. The highest BCUT2D eigenvalue weighted by Crippen LogP contribution is 2.09. The van der Waals surface area contributed by atoms with Crippen LogP contribution in [0.2, 0.25) is 0 Å².